The molecule has 6 nitrogen and oxygen atoms in total. The molecule has 1 fully saturated rings. The number of nitrogens with one attached hydrogen (secondary N) is 1. The van der Waals surface area contributed by atoms with Crippen molar-refractivity contribution < 1.29 is 22.7 Å². The van der Waals surface area contributed by atoms with Crippen LogP contribution >= 0.6 is 11.6 Å². The van der Waals surface area contributed by atoms with Gasteiger partial charge in [0.25, 0.3) is 5.91 Å². The van der Waals surface area contributed by atoms with Gasteiger partial charge in [0.2, 0.25) is 0 Å². The number of ether oxygens (including phenoxy) is 1. The van der Waals surface area contributed by atoms with Gasteiger partial charge in [-0.25, -0.2) is 13.2 Å². The van der Waals surface area contributed by atoms with Crippen LogP contribution in [0.5, 0.6) is 0 Å². The number of carbonyl (C=O) groups excluding carboxylic acids is 2. The average molecular weight is 358 g/mol. The summed E-state index contributed by atoms with van der Waals surface area (Å²) >= 11 is 5.94. The highest BCUT2D eigenvalue weighted by atomic mass is 35.5. The standard InChI is InChI=1S/C15H16ClNO5S/c16-13-4-2-1-3-11(13)5-6-15(19)22-9-14(18)17-12-7-8-23(20,21)10-12/h1-6,12H,7-10H2,(H,17,18)/b6-5+/t12-/m0/s1. The zero-order chi connectivity index (χ0) is 16.9. The molecule has 1 saturated heterocycles. The lowest BCUT2D eigenvalue weighted by Crippen LogP contribution is -2.38. The first-order valence-electron chi connectivity index (χ1n) is 6.95. The zero-order valence-corrected chi connectivity index (χ0v) is 13.8. The quantitative estimate of drug-likeness (QED) is 0.631. The third-order valence-corrected chi connectivity index (χ3v) is 5.36. The van der Waals surface area contributed by atoms with E-state index in [1.807, 2.05) is 0 Å². The number of sulfone groups is 1. The Morgan fingerprint density at radius 2 is 2.09 bits per heavy atom. The number of rotatable bonds is 5. The molecule has 124 valence electrons. The molecule has 1 aliphatic heterocycles. The number of hydrogen-bond donors (Lipinski definition) is 1. The van der Waals surface area contributed by atoms with Crippen molar-refractivity contribution >= 4 is 39.4 Å². The number of amides is 1. The van der Waals surface area contributed by atoms with E-state index < -0.39 is 34.4 Å². The molecule has 0 unspecified atom stereocenters. The first kappa shape index (κ1) is 17.5. The molecule has 1 atom stereocenters. The first-order chi connectivity index (χ1) is 10.9. The largest absolute Gasteiger partial charge is 0.452 e. The number of esters is 1. The van der Waals surface area contributed by atoms with Crippen LogP contribution in [0, 0.1) is 0 Å². The Bertz CT molecular complexity index is 729. The predicted molar refractivity (Wildman–Crippen MR) is 86.6 cm³/mol. The molecule has 1 heterocycles. The highest BCUT2D eigenvalue weighted by Gasteiger charge is 2.28. The molecular formula is C15H16ClNO5S. The zero-order valence-electron chi connectivity index (χ0n) is 12.2. The van der Waals surface area contributed by atoms with E-state index in [1.165, 1.54) is 12.2 Å². The maximum absolute atomic E-state index is 11.6. The van der Waals surface area contributed by atoms with Crippen molar-refractivity contribution in [3.05, 3.63) is 40.9 Å². The lowest BCUT2D eigenvalue weighted by atomic mass is 10.2. The predicted octanol–water partition coefficient (Wildman–Crippen LogP) is 1.20. The van der Waals surface area contributed by atoms with Crippen LogP contribution in [0.1, 0.15) is 12.0 Å². The van der Waals surface area contributed by atoms with Crippen molar-refractivity contribution in [3.63, 3.8) is 0 Å². The Kier molecular flexibility index (Phi) is 5.79. The van der Waals surface area contributed by atoms with Crippen molar-refractivity contribution in [2.45, 2.75) is 12.5 Å². The minimum Gasteiger partial charge on any atom is -0.452 e. The molecule has 0 aliphatic carbocycles. The normalized spacial score (nSPS) is 19.6. The van der Waals surface area contributed by atoms with E-state index in [9.17, 15) is 18.0 Å². The maximum Gasteiger partial charge on any atom is 0.331 e. The van der Waals surface area contributed by atoms with E-state index in [4.69, 9.17) is 16.3 Å². The summed E-state index contributed by atoms with van der Waals surface area (Å²) in [4.78, 5) is 23.2. The van der Waals surface area contributed by atoms with Gasteiger partial charge in [0, 0.05) is 17.1 Å². The van der Waals surface area contributed by atoms with Gasteiger partial charge in [-0.15, -0.1) is 0 Å². The summed E-state index contributed by atoms with van der Waals surface area (Å²) < 4.78 is 27.4. The van der Waals surface area contributed by atoms with Gasteiger partial charge in [-0.3, -0.25) is 4.79 Å². The molecule has 1 aromatic rings. The minimum atomic E-state index is -3.06. The second-order valence-corrected chi connectivity index (χ2v) is 7.77. The van der Waals surface area contributed by atoms with Crippen molar-refractivity contribution in [2.24, 2.45) is 0 Å². The van der Waals surface area contributed by atoms with Crippen LogP contribution in [-0.4, -0.2) is 44.4 Å². The Balaban J connectivity index is 1.76. The summed E-state index contributed by atoms with van der Waals surface area (Å²) in [6, 6.07) is 6.56. The van der Waals surface area contributed by atoms with Crippen LogP contribution in [0.4, 0.5) is 0 Å². The summed E-state index contributed by atoms with van der Waals surface area (Å²) in [6.07, 6.45) is 3.05. The molecule has 1 aromatic carbocycles. The van der Waals surface area contributed by atoms with Gasteiger partial charge in [-0.1, -0.05) is 29.8 Å². The highest BCUT2D eigenvalue weighted by molar-refractivity contribution is 7.91. The number of benzene rings is 1. The average Bonchev–Trinajstić information content (AvgIpc) is 2.83. The van der Waals surface area contributed by atoms with Crippen molar-refractivity contribution in [1.82, 2.24) is 5.32 Å². The van der Waals surface area contributed by atoms with E-state index in [-0.39, 0.29) is 11.5 Å². The molecule has 23 heavy (non-hydrogen) atoms. The van der Waals surface area contributed by atoms with Crippen LogP contribution in [0.3, 0.4) is 0 Å². The van der Waals surface area contributed by atoms with Crippen LogP contribution < -0.4 is 5.32 Å². The number of halogens is 1. The maximum atomic E-state index is 11.6. The molecule has 8 heteroatoms. The number of hydrogen-bond acceptors (Lipinski definition) is 5. The van der Waals surface area contributed by atoms with Gasteiger partial charge in [0.15, 0.2) is 16.4 Å². The molecule has 0 saturated carbocycles. The van der Waals surface area contributed by atoms with Gasteiger partial charge in [-0.05, 0) is 24.1 Å². The van der Waals surface area contributed by atoms with Crippen LogP contribution in [0.25, 0.3) is 6.08 Å². The monoisotopic (exact) mass is 357 g/mol. The Labute approximate surface area is 139 Å². The van der Waals surface area contributed by atoms with Crippen molar-refractivity contribution in [2.75, 3.05) is 18.1 Å². The van der Waals surface area contributed by atoms with Gasteiger partial charge in [-0.2, -0.15) is 0 Å². The van der Waals surface area contributed by atoms with Crippen LogP contribution in [-0.2, 0) is 24.2 Å². The van der Waals surface area contributed by atoms with Crippen LogP contribution in [0.2, 0.25) is 5.02 Å². The second-order valence-electron chi connectivity index (χ2n) is 5.13. The minimum absolute atomic E-state index is 0.0678. The fourth-order valence-corrected chi connectivity index (χ4v) is 4.00. The molecule has 2 rings (SSSR count). The Morgan fingerprint density at radius 3 is 2.74 bits per heavy atom. The van der Waals surface area contributed by atoms with Crippen LogP contribution in [0.15, 0.2) is 30.3 Å². The van der Waals surface area contributed by atoms with Gasteiger partial charge < -0.3 is 10.1 Å². The van der Waals surface area contributed by atoms with Gasteiger partial charge in [0.1, 0.15) is 0 Å². The SMILES string of the molecule is O=C(COC(=O)/C=C/c1ccccc1Cl)N[C@H]1CCS(=O)(=O)C1. The summed E-state index contributed by atoms with van der Waals surface area (Å²) in [7, 11) is -3.06. The summed E-state index contributed by atoms with van der Waals surface area (Å²) in [5.41, 5.74) is 0.659. The topological polar surface area (TPSA) is 89.5 Å². The second kappa shape index (κ2) is 7.61. The summed E-state index contributed by atoms with van der Waals surface area (Å²) in [5.74, 6) is -1.21. The molecule has 0 aromatic heterocycles. The van der Waals surface area contributed by atoms with E-state index in [0.29, 0.717) is 17.0 Å². The first-order valence-corrected chi connectivity index (χ1v) is 9.15. The van der Waals surface area contributed by atoms with Gasteiger partial charge >= 0.3 is 5.97 Å². The van der Waals surface area contributed by atoms with E-state index >= 15 is 0 Å². The van der Waals surface area contributed by atoms with E-state index in [2.05, 4.69) is 5.32 Å². The molecule has 0 radical (unpaired) electrons. The molecular weight excluding hydrogens is 342 g/mol. The highest BCUT2D eigenvalue weighted by Crippen LogP contribution is 2.16. The van der Waals surface area contributed by atoms with E-state index in [1.54, 1.807) is 24.3 Å². The third kappa shape index (κ3) is 5.69. The Morgan fingerprint density at radius 1 is 1.35 bits per heavy atom. The molecule has 1 aliphatic rings. The van der Waals surface area contributed by atoms with Gasteiger partial charge in [0.05, 0.1) is 11.5 Å². The molecule has 1 N–H and O–H groups in total. The smallest absolute Gasteiger partial charge is 0.331 e. The lowest BCUT2D eigenvalue weighted by molar-refractivity contribution is -0.143. The molecule has 0 bridgehead atoms. The van der Waals surface area contributed by atoms with Crippen molar-refractivity contribution in [3.8, 4) is 0 Å². The fourth-order valence-electron chi connectivity index (χ4n) is 2.13. The third-order valence-electron chi connectivity index (χ3n) is 3.25. The molecule has 1 amide bonds. The fraction of sp³-hybridized carbons (Fsp3) is 0.333. The lowest BCUT2D eigenvalue weighted by Gasteiger charge is -2.10. The number of carbonyl (C=O) groups is 2. The van der Waals surface area contributed by atoms with E-state index in [0.717, 1.165) is 0 Å². The van der Waals surface area contributed by atoms with Crippen molar-refractivity contribution in [1.29, 1.82) is 0 Å². The Hall–Kier alpha value is -1.86. The summed E-state index contributed by atoms with van der Waals surface area (Å²) in [6.45, 7) is -0.456. The summed E-state index contributed by atoms with van der Waals surface area (Å²) in [5, 5.41) is 3.03. The molecule has 0 spiro atoms.